The van der Waals surface area contributed by atoms with E-state index in [-0.39, 0.29) is 56.4 Å². The van der Waals surface area contributed by atoms with Gasteiger partial charge in [0.1, 0.15) is 0 Å². The van der Waals surface area contributed by atoms with Gasteiger partial charge in [0, 0.05) is 11.3 Å². The fourth-order valence-corrected chi connectivity index (χ4v) is 6.48. The monoisotopic (exact) mass is 671 g/mol. The molecule has 41 heavy (non-hydrogen) atoms. The molecule has 3 aliphatic carbocycles. The molecule has 0 saturated heterocycles. The van der Waals surface area contributed by atoms with Crippen molar-refractivity contribution >= 4 is 42.8 Å². The zero-order valence-electron chi connectivity index (χ0n) is 24.8. The van der Waals surface area contributed by atoms with Crippen molar-refractivity contribution in [3.63, 3.8) is 0 Å². The predicted octanol–water partition coefficient (Wildman–Crippen LogP) is 10.2. The van der Waals surface area contributed by atoms with Crippen LogP contribution in [0.25, 0.3) is 11.1 Å². The molecular weight excluding hydrogens is 635 g/mol. The Morgan fingerprint density at radius 3 is 1.98 bits per heavy atom. The minimum atomic E-state index is -0.329. The first kappa shape index (κ1) is 37.1. The molecule has 2 radical (unpaired) electrons. The molecule has 3 aliphatic rings. The van der Waals surface area contributed by atoms with Gasteiger partial charge in [-0.2, -0.15) is 11.6 Å². The van der Waals surface area contributed by atoms with Gasteiger partial charge in [-0.1, -0.05) is 119 Å². The van der Waals surface area contributed by atoms with Crippen LogP contribution in [-0.4, -0.2) is 6.88 Å². The Morgan fingerprint density at radius 1 is 0.805 bits per heavy atom. The Kier molecular flexibility index (Phi) is 13.5. The molecule has 0 bridgehead atoms. The summed E-state index contributed by atoms with van der Waals surface area (Å²) in [4.78, 5) is 0. The molecule has 4 heteroatoms. The van der Waals surface area contributed by atoms with Crippen molar-refractivity contribution < 1.29 is 23.3 Å². The summed E-state index contributed by atoms with van der Waals surface area (Å²) in [5, 5.41) is 0. The standard InChI is InChI=1S/C35H31.2CH3.2ClH.Si.Zr/c1-24-22-26-16-13-21-35(30(26)23-24,27-17-9-6-10-18-27)33-29-20-12-11-19-28(29)32(34(2,3)4)31(33)25-14-7-5-8-15-25;;;;;;/h5-21,23,33H,1-4H3;2*1H3;2*1H;;/q3*-1;;;;. The molecule has 0 spiro atoms. The van der Waals surface area contributed by atoms with Crippen LogP contribution in [0.1, 0.15) is 55.9 Å². The summed E-state index contributed by atoms with van der Waals surface area (Å²) >= 11 is 1.36. The third kappa shape index (κ3) is 6.37. The second-order valence-corrected chi connectivity index (χ2v) is 11.0. The van der Waals surface area contributed by atoms with Crippen LogP contribution >= 0.6 is 24.8 Å². The Balaban J connectivity index is 0.00000137. The molecule has 0 amide bonds. The number of halogens is 2. The first-order valence-electron chi connectivity index (χ1n) is 12.8. The van der Waals surface area contributed by atoms with E-state index >= 15 is 0 Å². The zero-order valence-corrected chi connectivity index (χ0v) is 29.9. The number of hydrogen-bond donors (Lipinski definition) is 0. The van der Waals surface area contributed by atoms with Crippen LogP contribution in [0.4, 0.5) is 0 Å². The van der Waals surface area contributed by atoms with E-state index in [0.717, 1.165) is 0 Å². The Morgan fingerprint density at radius 2 is 1.37 bits per heavy atom. The van der Waals surface area contributed by atoms with Crippen LogP contribution in [0.3, 0.4) is 0 Å². The average molecular weight is 674 g/mol. The minimum absolute atomic E-state index is 0. The van der Waals surface area contributed by atoms with Gasteiger partial charge in [-0.05, 0) is 38.8 Å². The van der Waals surface area contributed by atoms with Crippen LogP contribution in [0.15, 0.2) is 126 Å². The number of rotatable bonds is 3. The third-order valence-electron chi connectivity index (χ3n) is 7.69. The van der Waals surface area contributed by atoms with Crippen molar-refractivity contribution in [1.82, 2.24) is 0 Å². The summed E-state index contributed by atoms with van der Waals surface area (Å²) in [6, 6.07) is 31.2. The van der Waals surface area contributed by atoms with Gasteiger partial charge < -0.3 is 14.9 Å². The second-order valence-electron chi connectivity index (χ2n) is 11.0. The van der Waals surface area contributed by atoms with E-state index in [2.05, 4.69) is 150 Å². The SMILES string of the molecule is CC1=[C-]C2=CC=CC(c3ccccc3)(C3C(c4ccccc4)=C(C(C)(C)C)c4ccccc43)C2=C1.Cl.Cl.[CH3-].[CH3-].[Si]=[Zr]. The fourth-order valence-electron chi connectivity index (χ4n) is 6.48. The topological polar surface area (TPSA) is 0 Å². The molecule has 0 aromatic heterocycles. The summed E-state index contributed by atoms with van der Waals surface area (Å²) in [6.45, 7) is 12.3. The normalized spacial score (nSPS) is 19.7. The molecule has 0 fully saturated rings. The second kappa shape index (κ2) is 15.0. The average Bonchev–Trinajstić information content (AvgIpc) is 3.49. The molecule has 0 aliphatic heterocycles. The Hall–Kier alpha value is -1.96. The first-order valence-corrected chi connectivity index (χ1v) is 17.0. The molecule has 0 heterocycles. The van der Waals surface area contributed by atoms with E-state index in [1.54, 1.807) is 0 Å². The summed E-state index contributed by atoms with van der Waals surface area (Å²) < 4.78 is 0. The predicted molar refractivity (Wildman–Crippen MR) is 181 cm³/mol. The summed E-state index contributed by atoms with van der Waals surface area (Å²) in [6.07, 6.45) is 12.9. The van der Waals surface area contributed by atoms with Crippen LogP contribution in [0.2, 0.25) is 0 Å². The molecule has 3 aromatic carbocycles. The van der Waals surface area contributed by atoms with Crippen LogP contribution < -0.4 is 0 Å². The summed E-state index contributed by atoms with van der Waals surface area (Å²) in [5.41, 5.74) is 11.8. The van der Waals surface area contributed by atoms with Crippen molar-refractivity contribution in [3.8, 4) is 0 Å². The van der Waals surface area contributed by atoms with Gasteiger partial charge in [-0.25, -0.2) is 0 Å². The van der Waals surface area contributed by atoms with Crippen molar-refractivity contribution in [3.05, 3.63) is 169 Å². The Labute approximate surface area is 277 Å². The van der Waals surface area contributed by atoms with Crippen LogP contribution in [0.5, 0.6) is 0 Å². The summed E-state index contributed by atoms with van der Waals surface area (Å²) in [5.74, 6) is 0.150. The molecule has 3 aromatic rings. The van der Waals surface area contributed by atoms with Gasteiger partial charge >= 0.3 is 30.2 Å². The quantitative estimate of drug-likeness (QED) is 0.192. The molecule has 2 unspecified atom stereocenters. The molecule has 2 atom stereocenters. The van der Waals surface area contributed by atoms with E-state index in [9.17, 15) is 0 Å². The van der Waals surface area contributed by atoms with Gasteiger partial charge in [0.2, 0.25) is 0 Å². The molecule has 0 N–H and O–H groups in total. The number of fused-ring (bicyclic) bond motifs is 2. The third-order valence-corrected chi connectivity index (χ3v) is 7.69. The zero-order chi connectivity index (χ0) is 26.2. The van der Waals surface area contributed by atoms with Crippen LogP contribution in [-0.2, 0) is 28.8 Å². The van der Waals surface area contributed by atoms with Gasteiger partial charge in [0.15, 0.2) is 0 Å². The maximum atomic E-state index is 3.64. The van der Waals surface area contributed by atoms with E-state index < -0.39 is 0 Å². The van der Waals surface area contributed by atoms with Gasteiger partial charge in [0.05, 0.1) is 0 Å². The van der Waals surface area contributed by atoms with Gasteiger partial charge in [-0.15, -0.1) is 54.2 Å². The van der Waals surface area contributed by atoms with Gasteiger partial charge in [-0.3, -0.25) is 0 Å². The molecular formula is C37H39Cl2SiZr-3. The molecule has 0 nitrogen and oxygen atoms in total. The van der Waals surface area contributed by atoms with E-state index in [1.807, 2.05) is 0 Å². The molecule has 6 rings (SSSR count). The Bertz CT molecular complexity index is 1490. The first-order chi connectivity index (χ1) is 17.9. The maximum absolute atomic E-state index is 3.64. The van der Waals surface area contributed by atoms with E-state index in [1.165, 1.54) is 73.5 Å². The van der Waals surface area contributed by atoms with Crippen molar-refractivity contribution in [1.29, 1.82) is 0 Å². The van der Waals surface area contributed by atoms with Crippen molar-refractivity contribution in [2.75, 3.05) is 0 Å². The van der Waals surface area contributed by atoms with E-state index in [4.69, 9.17) is 0 Å². The van der Waals surface area contributed by atoms with E-state index in [0.29, 0.717) is 0 Å². The van der Waals surface area contributed by atoms with Crippen molar-refractivity contribution in [2.45, 2.75) is 39.0 Å². The van der Waals surface area contributed by atoms with Crippen molar-refractivity contribution in [2.24, 2.45) is 5.41 Å². The van der Waals surface area contributed by atoms with Gasteiger partial charge in [0.25, 0.3) is 0 Å². The number of benzene rings is 3. The summed E-state index contributed by atoms with van der Waals surface area (Å²) in [7, 11) is 0. The van der Waals surface area contributed by atoms with Crippen LogP contribution in [0, 0.1) is 26.3 Å². The molecule has 0 saturated carbocycles. The molecule has 212 valence electrons. The fraction of sp³-hybridized carbons (Fsp3) is 0.189. The number of hydrogen-bond acceptors (Lipinski definition) is 0. The number of allylic oxidation sites excluding steroid dienone is 10.